The monoisotopic (exact) mass is 294 g/mol. The number of sulfone groups is 1. The van der Waals surface area contributed by atoms with Crippen molar-refractivity contribution in [1.29, 1.82) is 0 Å². The van der Waals surface area contributed by atoms with Crippen LogP contribution in [-0.4, -0.2) is 23.5 Å². The van der Waals surface area contributed by atoms with E-state index < -0.39 is 26.0 Å². The molecule has 0 aliphatic heterocycles. The molecule has 18 heavy (non-hydrogen) atoms. The molecule has 1 aromatic rings. The third-order valence-corrected chi connectivity index (χ3v) is 6.46. The number of aliphatic hydroxyl groups is 1. The number of alkyl halides is 1. The van der Waals surface area contributed by atoms with Gasteiger partial charge in [-0.3, -0.25) is 0 Å². The van der Waals surface area contributed by atoms with E-state index in [0.29, 0.717) is 0 Å². The predicted molar refractivity (Wildman–Crippen MR) is 69.7 cm³/mol. The van der Waals surface area contributed by atoms with E-state index in [1.807, 2.05) is 0 Å². The van der Waals surface area contributed by atoms with Crippen LogP contribution in [0, 0.1) is 5.82 Å². The summed E-state index contributed by atoms with van der Waals surface area (Å²) in [7, 11) is -3.65. The lowest BCUT2D eigenvalue weighted by atomic mass is 10.0. The molecule has 102 valence electrons. The third kappa shape index (κ3) is 2.68. The maximum Gasteiger partial charge on any atom is 0.175 e. The SMILES string of the molecule is CC[C@@](Cl)([C@@H](O)c1ccc(F)cc1)S(=O)(=O)CC. The quantitative estimate of drug-likeness (QED) is 0.850. The van der Waals surface area contributed by atoms with Crippen molar-refractivity contribution in [2.75, 3.05) is 5.75 Å². The van der Waals surface area contributed by atoms with Gasteiger partial charge in [-0.1, -0.05) is 37.6 Å². The van der Waals surface area contributed by atoms with Crippen LogP contribution in [0.3, 0.4) is 0 Å². The molecule has 0 aromatic heterocycles. The second-order valence-electron chi connectivity index (χ2n) is 4.00. The number of halogens is 2. The van der Waals surface area contributed by atoms with E-state index in [-0.39, 0.29) is 17.7 Å². The highest BCUT2D eigenvalue weighted by atomic mass is 35.5. The molecule has 1 rings (SSSR count). The van der Waals surface area contributed by atoms with E-state index in [1.54, 1.807) is 6.92 Å². The molecule has 0 amide bonds. The van der Waals surface area contributed by atoms with Crippen LogP contribution in [0.2, 0.25) is 0 Å². The van der Waals surface area contributed by atoms with Crippen molar-refractivity contribution in [3.8, 4) is 0 Å². The molecule has 2 atom stereocenters. The Morgan fingerprint density at radius 3 is 2.22 bits per heavy atom. The summed E-state index contributed by atoms with van der Waals surface area (Å²) >= 11 is 6.11. The Hall–Kier alpha value is -0.650. The van der Waals surface area contributed by atoms with Gasteiger partial charge in [-0.25, -0.2) is 12.8 Å². The van der Waals surface area contributed by atoms with E-state index >= 15 is 0 Å². The summed E-state index contributed by atoms with van der Waals surface area (Å²) in [5.41, 5.74) is 0.283. The van der Waals surface area contributed by atoms with Crippen LogP contribution < -0.4 is 0 Å². The van der Waals surface area contributed by atoms with Crippen LogP contribution >= 0.6 is 11.6 Å². The Balaban J connectivity index is 3.21. The molecule has 0 radical (unpaired) electrons. The number of benzene rings is 1. The molecule has 0 saturated carbocycles. The van der Waals surface area contributed by atoms with Gasteiger partial charge in [0, 0.05) is 5.75 Å². The molecule has 0 bridgehead atoms. The van der Waals surface area contributed by atoms with Crippen molar-refractivity contribution in [2.24, 2.45) is 0 Å². The standard InChI is InChI=1S/C12H16ClFO3S/c1-3-12(13,18(16,17)4-2)11(15)9-5-7-10(14)8-6-9/h5-8,11,15H,3-4H2,1-2H3/t11-,12-/m0/s1. The zero-order valence-corrected chi connectivity index (χ0v) is 11.8. The Bertz CT molecular complexity index is 501. The van der Waals surface area contributed by atoms with Crippen LogP contribution in [0.15, 0.2) is 24.3 Å². The number of hydrogen-bond donors (Lipinski definition) is 1. The molecule has 0 heterocycles. The van der Waals surface area contributed by atoms with Crippen molar-refractivity contribution in [3.63, 3.8) is 0 Å². The average Bonchev–Trinajstić information content (AvgIpc) is 2.37. The van der Waals surface area contributed by atoms with Crippen LogP contribution in [0.4, 0.5) is 4.39 Å². The lowest BCUT2D eigenvalue weighted by Crippen LogP contribution is -2.39. The Labute approximate surface area is 112 Å². The summed E-state index contributed by atoms with van der Waals surface area (Å²) in [5.74, 6) is -0.622. The molecule has 3 nitrogen and oxygen atoms in total. The van der Waals surface area contributed by atoms with E-state index in [0.717, 1.165) is 12.1 Å². The van der Waals surface area contributed by atoms with Gasteiger partial charge < -0.3 is 5.11 Å². The topological polar surface area (TPSA) is 54.4 Å². The molecule has 0 aliphatic carbocycles. The first-order chi connectivity index (χ1) is 8.28. The van der Waals surface area contributed by atoms with Gasteiger partial charge in [0.2, 0.25) is 0 Å². The summed E-state index contributed by atoms with van der Waals surface area (Å²) < 4.78 is 35.0. The largest absolute Gasteiger partial charge is 0.385 e. The van der Waals surface area contributed by atoms with E-state index in [1.165, 1.54) is 19.1 Å². The molecular weight excluding hydrogens is 279 g/mol. The maximum atomic E-state index is 12.8. The molecule has 0 saturated heterocycles. The van der Waals surface area contributed by atoms with Crippen molar-refractivity contribution in [2.45, 2.75) is 30.6 Å². The van der Waals surface area contributed by atoms with Crippen LogP contribution in [0.1, 0.15) is 31.9 Å². The fourth-order valence-electron chi connectivity index (χ4n) is 1.72. The first-order valence-corrected chi connectivity index (χ1v) is 7.66. The summed E-state index contributed by atoms with van der Waals surface area (Å²) in [6.07, 6.45) is -1.33. The average molecular weight is 295 g/mol. The number of rotatable bonds is 5. The lowest BCUT2D eigenvalue weighted by molar-refractivity contribution is 0.154. The van der Waals surface area contributed by atoms with Gasteiger partial charge in [-0.2, -0.15) is 0 Å². The molecular formula is C12H16ClFO3S. The van der Waals surface area contributed by atoms with Gasteiger partial charge in [-0.05, 0) is 24.1 Å². The molecule has 0 spiro atoms. The molecule has 0 aliphatic rings. The first-order valence-electron chi connectivity index (χ1n) is 5.63. The zero-order chi connectivity index (χ0) is 14.0. The van der Waals surface area contributed by atoms with Gasteiger partial charge in [0.25, 0.3) is 0 Å². The molecule has 1 aromatic carbocycles. The van der Waals surface area contributed by atoms with Gasteiger partial charge in [0.1, 0.15) is 11.9 Å². The minimum Gasteiger partial charge on any atom is -0.385 e. The predicted octanol–water partition coefficient (Wildman–Crippen LogP) is 2.64. The number of hydrogen-bond acceptors (Lipinski definition) is 3. The normalized spacial score (nSPS) is 17.2. The van der Waals surface area contributed by atoms with Gasteiger partial charge in [0.05, 0.1) is 0 Å². The summed E-state index contributed by atoms with van der Waals surface area (Å²) in [6.45, 7) is 3.06. The third-order valence-electron chi connectivity index (χ3n) is 2.97. The lowest BCUT2D eigenvalue weighted by Gasteiger charge is -2.30. The Morgan fingerprint density at radius 2 is 1.83 bits per heavy atom. The fourth-order valence-corrected chi connectivity index (χ4v) is 3.57. The first kappa shape index (κ1) is 15.4. The highest BCUT2D eigenvalue weighted by molar-refractivity contribution is 7.94. The van der Waals surface area contributed by atoms with Crippen LogP contribution in [0.25, 0.3) is 0 Å². The summed E-state index contributed by atoms with van der Waals surface area (Å²) in [4.78, 5) is 0. The molecule has 6 heteroatoms. The minimum absolute atomic E-state index is 0.0588. The van der Waals surface area contributed by atoms with E-state index in [4.69, 9.17) is 11.6 Å². The van der Waals surface area contributed by atoms with E-state index in [9.17, 15) is 17.9 Å². The zero-order valence-electron chi connectivity index (χ0n) is 10.2. The summed E-state index contributed by atoms with van der Waals surface area (Å²) in [5, 5.41) is 10.2. The number of aliphatic hydroxyl groups excluding tert-OH is 1. The van der Waals surface area contributed by atoms with E-state index in [2.05, 4.69) is 0 Å². The molecule has 0 unspecified atom stereocenters. The van der Waals surface area contributed by atoms with Crippen molar-refractivity contribution in [1.82, 2.24) is 0 Å². The Kier molecular flexibility index (Phi) is 4.75. The van der Waals surface area contributed by atoms with Crippen molar-refractivity contribution >= 4 is 21.4 Å². The molecule has 0 fully saturated rings. The second-order valence-corrected chi connectivity index (χ2v) is 7.43. The Morgan fingerprint density at radius 1 is 1.33 bits per heavy atom. The maximum absolute atomic E-state index is 12.8. The second kappa shape index (κ2) is 5.55. The van der Waals surface area contributed by atoms with Crippen molar-refractivity contribution < 1.29 is 17.9 Å². The van der Waals surface area contributed by atoms with Gasteiger partial charge in [0.15, 0.2) is 14.0 Å². The van der Waals surface area contributed by atoms with Gasteiger partial charge >= 0.3 is 0 Å². The van der Waals surface area contributed by atoms with Crippen molar-refractivity contribution in [3.05, 3.63) is 35.6 Å². The smallest absolute Gasteiger partial charge is 0.175 e. The fraction of sp³-hybridized carbons (Fsp3) is 0.500. The minimum atomic E-state index is -3.65. The summed E-state index contributed by atoms with van der Waals surface area (Å²) in [6, 6.07) is 4.98. The molecule has 1 N–H and O–H groups in total. The van der Waals surface area contributed by atoms with Gasteiger partial charge in [-0.15, -0.1) is 0 Å². The highest BCUT2D eigenvalue weighted by Gasteiger charge is 2.46. The van der Waals surface area contributed by atoms with Crippen LogP contribution in [-0.2, 0) is 9.84 Å². The van der Waals surface area contributed by atoms with Crippen LogP contribution in [0.5, 0.6) is 0 Å². The highest BCUT2D eigenvalue weighted by Crippen LogP contribution is 2.40.